The second kappa shape index (κ2) is 13.3. The van der Waals surface area contributed by atoms with Crippen LogP contribution in [0.25, 0.3) is 0 Å². The molecule has 0 saturated carbocycles. The van der Waals surface area contributed by atoms with Crippen molar-refractivity contribution in [1.82, 2.24) is 5.43 Å². The average Bonchev–Trinajstić information content (AvgIpc) is 2.97. The molecule has 1 N–H and O–H groups in total. The third-order valence-electron chi connectivity index (χ3n) is 6.18. The number of non-ortho nitro benzene ring substituents is 1. The number of aryl methyl sites for hydroxylation is 2. The highest BCUT2D eigenvalue weighted by Crippen LogP contribution is 2.28. The molecule has 0 atom stereocenters. The van der Waals surface area contributed by atoms with E-state index in [1.807, 2.05) is 6.92 Å². The minimum Gasteiger partial charge on any atom is -0.489 e. The van der Waals surface area contributed by atoms with Crippen LogP contribution in [-0.4, -0.2) is 32.0 Å². The molecule has 0 unspecified atom stereocenters. The van der Waals surface area contributed by atoms with Crippen molar-refractivity contribution >= 4 is 45.1 Å². The van der Waals surface area contributed by atoms with E-state index in [-0.39, 0.29) is 22.9 Å². The summed E-state index contributed by atoms with van der Waals surface area (Å²) < 4.78 is 33.7. The summed E-state index contributed by atoms with van der Waals surface area (Å²) in [5, 5.41) is 15.1. The lowest BCUT2D eigenvalue weighted by atomic mass is 10.2. The number of sulfonamides is 1. The third kappa shape index (κ3) is 7.71. The summed E-state index contributed by atoms with van der Waals surface area (Å²) in [6.45, 7) is 3.35. The molecule has 0 bridgehead atoms. The van der Waals surface area contributed by atoms with Gasteiger partial charge in [0.15, 0.2) is 0 Å². The van der Waals surface area contributed by atoms with Crippen LogP contribution in [0.5, 0.6) is 5.75 Å². The number of hydrazone groups is 1. The minimum atomic E-state index is -4.09. The number of amides is 1. The number of carbonyl (C=O) groups excluding carboxylic acids is 1. The number of nitro benzene ring substituents is 1. The van der Waals surface area contributed by atoms with E-state index in [0.717, 1.165) is 21.0 Å². The van der Waals surface area contributed by atoms with Crippen molar-refractivity contribution in [3.05, 3.63) is 128 Å². The number of rotatable bonds is 11. The lowest BCUT2D eigenvalue weighted by Gasteiger charge is -2.24. The molecule has 4 rings (SSSR count). The van der Waals surface area contributed by atoms with Gasteiger partial charge in [-0.15, -0.1) is 0 Å². The quantitative estimate of drug-likeness (QED) is 0.131. The van der Waals surface area contributed by atoms with Crippen molar-refractivity contribution in [2.75, 3.05) is 10.8 Å². The first-order valence-corrected chi connectivity index (χ1v) is 14.5. The summed E-state index contributed by atoms with van der Waals surface area (Å²) >= 11 is 6.26. The Morgan fingerprint density at radius 1 is 1.00 bits per heavy atom. The summed E-state index contributed by atoms with van der Waals surface area (Å²) in [5.74, 6) is -0.0788. The van der Waals surface area contributed by atoms with E-state index in [4.69, 9.17) is 16.3 Å². The normalized spacial score (nSPS) is 11.3. The summed E-state index contributed by atoms with van der Waals surface area (Å²) in [6.07, 6.45) is 1.42. The van der Waals surface area contributed by atoms with Gasteiger partial charge in [-0.1, -0.05) is 35.4 Å². The standard InChI is InChI=1S/C30H27ClN4O6S/c1-21-3-15-28(16-4-21)42(39,40)34(26-10-5-22(2)29(31)17-26)19-30(36)33-32-18-23-8-13-27(14-9-23)41-20-24-6-11-25(12-7-24)35(37)38/h3-18H,19-20H2,1-2H3,(H,33,36)/b32-18-. The van der Waals surface area contributed by atoms with Gasteiger partial charge in [0.05, 0.1) is 21.7 Å². The molecule has 12 heteroatoms. The van der Waals surface area contributed by atoms with Crippen LogP contribution >= 0.6 is 11.6 Å². The fourth-order valence-corrected chi connectivity index (χ4v) is 5.35. The van der Waals surface area contributed by atoms with Gasteiger partial charge in [0.1, 0.15) is 18.9 Å². The number of hydrogen-bond donors (Lipinski definition) is 1. The zero-order valence-corrected chi connectivity index (χ0v) is 24.3. The van der Waals surface area contributed by atoms with Crippen molar-refractivity contribution < 1.29 is 22.9 Å². The summed E-state index contributed by atoms with van der Waals surface area (Å²) in [5.41, 5.74) is 5.73. The fourth-order valence-electron chi connectivity index (χ4n) is 3.76. The smallest absolute Gasteiger partial charge is 0.269 e. The monoisotopic (exact) mass is 606 g/mol. The highest BCUT2D eigenvalue weighted by atomic mass is 35.5. The molecule has 0 aliphatic rings. The number of anilines is 1. The van der Waals surface area contributed by atoms with Crippen LogP contribution in [0, 0.1) is 24.0 Å². The van der Waals surface area contributed by atoms with Gasteiger partial charge in [0.25, 0.3) is 21.6 Å². The minimum absolute atomic E-state index is 0.00891. The number of halogens is 1. The lowest BCUT2D eigenvalue weighted by Crippen LogP contribution is -2.39. The van der Waals surface area contributed by atoms with Gasteiger partial charge in [-0.25, -0.2) is 13.8 Å². The van der Waals surface area contributed by atoms with Crippen molar-refractivity contribution in [2.45, 2.75) is 25.3 Å². The first kappa shape index (κ1) is 30.2. The summed E-state index contributed by atoms with van der Waals surface area (Å²) in [6, 6.07) is 24.1. The Balaban J connectivity index is 1.40. The number of carbonyl (C=O) groups is 1. The van der Waals surface area contributed by atoms with E-state index in [1.165, 1.54) is 36.5 Å². The zero-order chi connectivity index (χ0) is 30.3. The third-order valence-corrected chi connectivity index (χ3v) is 8.37. The van der Waals surface area contributed by atoms with Crippen LogP contribution in [0.15, 0.2) is 101 Å². The highest BCUT2D eigenvalue weighted by molar-refractivity contribution is 7.92. The van der Waals surface area contributed by atoms with Gasteiger partial charge in [0, 0.05) is 17.2 Å². The fraction of sp³-hybridized carbons (Fsp3) is 0.133. The highest BCUT2D eigenvalue weighted by Gasteiger charge is 2.27. The molecule has 0 aromatic heterocycles. The Hall–Kier alpha value is -4.74. The molecular weight excluding hydrogens is 580 g/mol. The van der Waals surface area contributed by atoms with E-state index in [2.05, 4.69) is 10.5 Å². The van der Waals surface area contributed by atoms with E-state index >= 15 is 0 Å². The molecular formula is C30H27ClN4O6S. The Kier molecular flexibility index (Phi) is 9.56. The van der Waals surface area contributed by atoms with Gasteiger partial charge < -0.3 is 4.74 Å². The topological polar surface area (TPSA) is 131 Å². The summed E-state index contributed by atoms with van der Waals surface area (Å²) in [7, 11) is -4.09. The van der Waals surface area contributed by atoms with Crippen LogP contribution in [0.2, 0.25) is 5.02 Å². The number of hydrogen-bond acceptors (Lipinski definition) is 7. The molecule has 0 fully saturated rings. The second-order valence-corrected chi connectivity index (χ2v) is 11.6. The van der Waals surface area contributed by atoms with Crippen LogP contribution in [0.3, 0.4) is 0 Å². The Bertz CT molecular complexity index is 1710. The predicted molar refractivity (Wildman–Crippen MR) is 162 cm³/mol. The van der Waals surface area contributed by atoms with Gasteiger partial charge in [-0.3, -0.25) is 19.2 Å². The molecule has 42 heavy (non-hydrogen) atoms. The average molecular weight is 607 g/mol. The van der Waals surface area contributed by atoms with Crippen molar-refractivity contribution in [2.24, 2.45) is 5.10 Å². The molecule has 0 radical (unpaired) electrons. The maximum Gasteiger partial charge on any atom is 0.269 e. The summed E-state index contributed by atoms with van der Waals surface area (Å²) in [4.78, 5) is 23.2. The molecule has 216 valence electrons. The van der Waals surface area contributed by atoms with Crippen molar-refractivity contribution in [3.8, 4) is 5.75 Å². The second-order valence-electron chi connectivity index (χ2n) is 9.33. The van der Waals surface area contributed by atoms with Crippen molar-refractivity contribution in [3.63, 3.8) is 0 Å². The number of nitrogens with zero attached hydrogens (tertiary/aromatic N) is 3. The Labute approximate surface area is 248 Å². The van der Waals surface area contributed by atoms with Gasteiger partial charge in [-0.05, 0) is 91.2 Å². The van der Waals surface area contributed by atoms with Crippen molar-refractivity contribution in [1.29, 1.82) is 0 Å². The number of benzene rings is 4. The maximum absolute atomic E-state index is 13.5. The Morgan fingerprint density at radius 3 is 2.29 bits per heavy atom. The molecule has 4 aromatic carbocycles. The molecule has 0 heterocycles. The molecule has 4 aromatic rings. The van der Waals surface area contributed by atoms with Crippen LogP contribution in [0.1, 0.15) is 22.3 Å². The predicted octanol–water partition coefficient (Wildman–Crippen LogP) is 5.79. The number of nitro groups is 1. The molecule has 0 saturated heterocycles. The van der Waals surface area contributed by atoms with Gasteiger partial charge in [-0.2, -0.15) is 5.10 Å². The first-order valence-electron chi connectivity index (χ1n) is 12.7. The molecule has 0 aliphatic carbocycles. The van der Waals surface area contributed by atoms with Gasteiger partial charge in [0.2, 0.25) is 0 Å². The lowest BCUT2D eigenvalue weighted by molar-refractivity contribution is -0.384. The van der Waals surface area contributed by atoms with E-state index in [9.17, 15) is 23.3 Å². The molecule has 0 aliphatic heterocycles. The van der Waals surface area contributed by atoms with E-state index < -0.39 is 27.4 Å². The largest absolute Gasteiger partial charge is 0.489 e. The zero-order valence-electron chi connectivity index (χ0n) is 22.7. The van der Waals surface area contributed by atoms with E-state index in [0.29, 0.717) is 16.3 Å². The maximum atomic E-state index is 13.5. The van der Waals surface area contributed by atoms with E-state index in [1.54, 1.807) is 67.6 Å². The Morgan fingerprint density at radius 2 is 1.67 bits per heavy atom. The number of nitrogens with one attached hydrogen (secondary N) is 1. The van der Waals surface area contributed by atoms with Gasteiger partial charge >= 0.3 is 0 Å². The number of ether oxygens (including phenoxy) is 1. The van der Waals surface area contributed by atoms with Crippen LogP contribution < -0.4 is 14.5 Å². The first-order chi connectivity index (χ1) is 20.0. The van der Waals surface area contributed by atoms with Crippen LogP contribution in [-0.2, 0) is 21.4 Å². The molecule has 10 nitrogen and oxygen atoms in total. The molecule has 1 amide bonds. The molecule has 0 spiro atoms. The SMILES string of the molecule is Cc1ccc(S(=O)(=O)N(CC(=O)N/N=C\c2ccc(OCc3ccc([N+](=O)[O-])cc3)cc2)c2ccc(C)c(Cl)c2)cc1. The van der Waals surface area contributed by atoms with Crippen LogP contribution in [0.4, 0.5) is 11.4 Å².